The monoisotopic (exact) mass is 591 g/mol. The number of nitrogens with two attached hydrogens (primary N) is 1. The maximum Gasteiger partial charge on any atom is 0.254 e. The average Bonchev–Trinajstić information content (AvgIpc) is 2.95. The van der Waals surface area contributed by atoms with Crippen LogP contribution in [0, 0.1) is 18.6 Å². The van der Waals surface area contributed by atoms with E-state index in [1.165, 1.54) is 17.0 Å². The molecule has 0 saturated heterocycles. The van der Waals surface area contributed by atoms with E-state index in [9.17, 15) is 23.5 Å². The molecule has 2 amide bonds. The van der Waals surface area contributed by atoms with Gasteiger partial charge in [0.25, 0.3) is 11.8 Å². The second kappa shape index (κ2) is 16.1. The highest BCUT2D eigenvalue weighted by molar-refractivity contribution is 6.00. The van der Waals surface area contributed by atoms with Crippen molar-refractivity contribution in [2.75, 3.05) is 19.6 Å². The van der Waals surface area contributed by atoms with E-state index in [1.807, 2.05) is 64.1 Å². The number of allylic oxidation sites excluding steroid dienone is 1. The molecule has 2 atom stereocenters. The summed E-state index contributed by atoms with van der Waals surface area (Å²) in [6, 6.07) is 15.1. The van der Waals surface area contributed by atoms with Crippen LogP contribution in [0.5, 0.6) is 0 Å². The number of aliphatic hydroxyl groups is 1. The number of amides is 2. The Balaban J connectivity index is 1.93. The number of aryl methyl sites for hydroxylation is 1. The molecule has 0 saturated carbocycles. The molecule has 3 N–H and O–H groups in total. The second-order valence-corrected chi connectivity index (χ2v) is 11.0. The molecule has 0 spiro atoms. The summed E-state index contributed by atoms with van der Waals surface area (Å²) in [6.45, 7) is 9.10. The lowest BCUT2D eigenvalue weighted by Gasteiger charge is -2.29. The molecule has 0 bridgehead atoms. The van der Waals surface area contributed by atoms with E-state index in [0.717, 1.165) is 35.6 Å². The third-order valence-corrected chi connectivity index (χ3v) is 7.11. The third-order valence-electron chi connectivity index (χ3n) is 7.11. The molecule has 230 valence electrons. The Bertz CT molecular complexity index is 1400. The second-order valence-electron chi connectivity index (χ2n) is 11.0. The highest BCUT2D eigenvalue weighted by atomic mass is 19.1. The van der Waals surface area contributed by atoms with Crippen LogP contribution >= 0.6 is 0 Å². The zero-order valence-electron chi connectivity index (χ0n) is 25.5. The lowest BCUT2D eigenvalue weighted by molar-refractivity contribution is 0.0554. The lowest BCUT2D eigenvalue weighted by atomic mass is 10.00. The summed E-state index contributed by atoms with van der Waals surface area (Å²) in [5.74, 6) is -1.95. The fourth-order valence-electron chi connectivity index (χ4n) is 5.18. The van der Waals surface area contributed by atoms with Crippen molar-refractivity contribution in [1.82, 2.24) is 9.80 Å². The molecule has 0 aromatic heterocycles. The summed E-state index contributed by atoms with van der Waals surface area (Å²) in [5, 5.41) is 11.1. The van der Waals surface area contributed by atoms with Crippen LogP contribution in [0.3, 0.4) is 0 Å². The van der Waals surface area contributed by atoms with Crippen molar-refractivity contribution in [3.63, 3.8) is 0 Å². The first-order valence-electron chi connectivity index (χ1n) is 14.8. The Hall–Kier alpha value is -3.88. The molecule has 3 rings (SSSR count). The summed E-state index contributed by atoms with van der Waals surface area (Å²) >= 11 is 0. The van der Waals surface area contributed by atoms with Crippen LogP contribution in [0.4, 0.5) is 8.78 Å². The minimum atomic E-state index is -1.19. The Morgan fingerprint density at radius 1 is 0.884 bits per heavy atom. The van der Waals surface area contributed by atoms with Gasteiger partial charge in [0.2, 0.25) is 0 Å². The predicted molar refractivity (Wildman–Crippen MR) is 168 cm³/mol. The molecule has 0 aliphatic heterocycles. The summed E-state index contributed by atoms with van der Waals surface area (Å²) in [6.07, 6.45) is 4.35. The highest BCUT2D eigenvalue weighted by Crippen LogP contribution is 2.19. The van der Waals surface area contributed by atoms with E-state index >= 15 is 0 Å². The number of carbonyl (C=O) groups excluding carboxylic acids is 2. The molecule has 0 aliphatic carbocycles. The molecule has 0 fully saturated rings. The van der Waals surface area contributed by atoms with Gasteiger partial charge in [-0.2, -0.15) is 0 Å². The van der Waals surface area contributed by atoms with Crippen LogP contribution in [-0.2, 0) is 13.0 Å². The standard InChI is InChI=1S/C35H43F2N3O3/c1-5-9-25-10-8-11-26(16-25)22-40(23-33(41)32(38)19-27-17-30(36)21-31(37)18-27)35(43)29-15-24(4)14-28(20-29)34(42)39(12-6-2)13-7-3/h5,8-11,14-18,20-21,32-33,41H,6-7,12-13,19,22-23,38H2,1-4H3/b9-5-/t32-,33-/m1/s1. The maximum absolute atomic E-state index is 14.0. The van der Waals surface area contributed by atoms with Crippen molar-refractivity contribution in [3.8, 4) is 0 Å². The van der Waals surface area contributed by atoms with Gasteiger partial charge in [-0.05, 0) is 91.8 Å². The van der Waals surface area contributed by atoms with Gasteiger partial charge in [0.05, 0.1) is 6.10 Å². The van der Waals surface area contributed by atoms with E-state index in [0.29, 0.717) is 29.8 Å². The lowest BCUT2D eigenvalue weighted by Crippen LogP contribution is -2.46. The molecular formula is C35H43F2N3O3. The molecular weight excluding hydrogens is 548 g/mol. The van der Waals surface area contributed by atoms with Gasteiger partial charge < -0.3 is 20.6 Å². The highest BCUT2D eigenvalue weighted by Gasteiger charge is 2.25. The predicted octanol–water partition coefficient (Wildman–Crippen LogP) is 6.14. The van der Waals surface area contributed by atoms with Gasteiger partial charge in [0.15, 0.2) is 0 Å². The molecule has 0 unspecified atom stereocenters. The van der Waals surface area contributed by atoms with E-state index < -0.39 is 23.8 Å². The molecule has 3 aromatic carbocycles. The summed E-state index contributed by atoms with van der Waals surface area (Å²) < 4.78 is 27.5. The van der Waals surface area contributed by atoms with Crippen LogP contribution in [0.25, 0.3) is 6.08 Å². The molecule has 3 aromatic rings. The number of hydrogen-bond donors (Lipinski definition) is 2. The van der Waals surface area contributed by atoms with E-state index in [-0.39, 0.29) is 31.3 Å². The fraction of sp³-hybridized carbons (Fsp3) is 0.371. The van der Waals surface area contributed by atoms with Crippen molar-refractivity contribution < 1.29 is 23.5 Å². The third kappa shape index (κ3) is 9.83. The summed E-state index contributed by atoms with van der Waals surface area (Å²) in [7, 11) is 0. The Morgan fingerprint density at radius 2 is 1.49 bits per heavy atom. The molecule has 0 heterocycles. The molecule has 0 radical (unpaired) electrons. The molecule has 43 heavy (non-hydrogen) atoms. The van der Waals surface area contributed by atoms with Crippen molar-refractivity contribution in [2.45, 2.75) is 65.6 Å². The Morgan fingerprint density at radius 3 is 2.07 bits per heavy atom. The zero-order chi connectivity index (χ0) is 31.5. The van der Waals surface area contributed by atoms with Gasteiger partial charge in [-0.15, -0.1) is 0 Å². The van der Waals surface area contributed by atoms with Crippen LogP contribution in [0.15, 0.2) is 66.7 Å². The summed E-state index contributed by atoms with van der Waals surface area (Å²) in [4.78, 5) is 30.7. The Kier molecular flexibility index (Phi) is 12.6. The van der Waals surface area contributed by atoms with Crippen LogP contribution in [0.2, 0.25) is 0 Å². The normalized spacial score (nSPS) is 12.7. The number of hydrogen-bond acceptors (Lipinski definition) is 4. The van der Waals surface area contributed by atoms with Gasteiger partial charge in [-0.1, -0.05) is 44.2 Å². The van der Waals surface area contributed by atoms with Crippen LogP contribution < -0.4 is 5.73 Å². The average molecular weight is 592 g/mol. The first-order valence-corrected chi connectivity index (χ1v) is 14.8. The topological polar surface area (TPSA) is 86.9 Å². The Labute approximate surface area is 253 Å². The zero-order valence-corrected chi connectivity index (χ0v) is 25.5. The summed E-state index contributed by atoms with van der Waals surface area (Å²) in [5.41, 5.74) is 9.93. The number of carbonyl (C=O) groups is 2. The van der Waals surface area contributed by atoms with E-state index in [4.69, 9.17) is 5.73 Å². The van der Waals surface area contributed by atoms with E-state index in [1.54, 1.807) is 23.1 Å². The molecule has 6 nitrogen and oxygen atoms in total. The minimum absolute atomic E-state index is 0.0163. The maximum atomic E-state index is 14.0. The number of aliphatic hydroxyl groups excluding tert-OH is 1. The largest absolute Gasteiger partial charge is 0.390 e. The van der Waals surface area contributed by atoms with Crippen molar-refractivity contribution >= 4 is 17.9 Å². The van der Waals surface area contributed by atoms with Gasteiger partial charge in [0, 0.05) is 49.4 Å². The smallest absolute Gasteiger partial charge is 0.254 e. The van der Waals surface area contributed by atoms with Gasteiger partial charge in [-0.3, -0.25) is 9.59 Å². The number of nitrogens with zero attached hydrogens (tertiary/aromatic N) is 2. The first-order chi connectivity index (χ1) is 20.5. The first kappa shape index (κ1) is 33.6. The van der Waals surface area contributed by atoms with Crippen LogP contribution in [-0.4, -0.2) is 58.5 Å². The molecule has 0 aliphatic rings. The SMILES string of the molecule is C/C=C\c1cccc(CN(C[C@@H](O)[C@H](N)Cc2cc(F)cc(F)c2)C(=O)c2cc(C)cc(C(=O)N(CCC)CCC)c2)c1. The van der Waals surface area contributed by atoms with Gasteiger partial charge >= 0.3 is 0 Å². The van der Waals surface area contributed by atoms with E-state index in [2.05, 4.69) is 0 Å². The van der Waals surface area contributed by atoms with Gasteiger partial charge in [-0.25, -0.2) is 8.78 Å². The number of halogens is 2. The fourth-order valence-corrected chi connectivity index (χ4v) is 5.18. The van der Waals surface area contributed by atoms with Crippen molar-refractivity contribution in [2.24, 2.45) is 5.73 Å². The quantitative estimate of drug-likeness (QED) is 0.236. The number of benzene rings is 3. The molecule has 8 heteroatoms. The number of rotatable bonds is 14. The van der Waals surface area contributed by atoms with Crippen LogP contribution in [0.1, 0.15) is 76.6 Å². The van der Waals surface area contributed by atoms with Crippen molar-refractivity contribution in [1.29, 1.82) is 0 Å². The van der Waals surface area contributed by atoms with Gasteiger partial charge in [0.1, 0.15) is 11.6 Å². The van der Waals surface area contributed by atoms with Crippen molar-refractivity contribution in [3.05, 3.63) is 112 Å². The minimum Gasteiger partial charge on any atom is -0.390 e.